The highest BCUT2D eigenvalue weighted by atomic mass is 35.6. The topological polar surface area (TPSA) is 119 Å². The lowest BCUT2D eigenvalue weighted by molar-refractivity contribution is -0.158. The highest BCUT2D eigenvalue weighted by Gasteiger charge is 2.58. The molecule has 37 heavy (non-hydrogen) atoms. The fourth-order valence-electron chi connectivity index (χ4n) is 4.16. The molecule has 3 aliphatic rings. The second kappa shape index (κ2) is 10.6. The van der Waals surface area contributed by atoms with Crippen LogP contribution in [-0.4, -0.2) is 61.9 Å². The number of esters is 1. The van der Waals surface area contributed by atoms with Gasteiger partial charge in [-0.3, -0.25) is 19.4 Å². The average molecular weight is 591 g/mol. The molecule has 2 amide bonds. The zero-order chi connectivity index (χ0) is 27.1. The average Bonchev–Trinajstić information content (AvgIpc) is 3.65. The molecular weight excluding hydrogens is 565 g/mol. The van der Waals surface area contributed by atoms with Crippen molar-refractivity contribution in [2.75, 3.05) is 18.1 Å². The van der Waals surface area contributed by atoms with Crippen molar-refractivity contribution in [3.8, 4) is 0 Å². The van der Waals surface area contributed by atoms with Crippen LogP contribution in [-0.2, 0) is 23.9 Å². The number of β-lactam (4-membered cyclic amide) rings is 1. The molecule has 0 radical (unpaired) electrons. The van der Waals surface area contributed by atoms with Crippen LogP contribution < -0.4 is 10.6 Å². The Balaban J connectivity index is 1.51. The van der Waals surface area contributed by atoms with Gasteiger partial charge in [0.15, 0.2) is 5.78 Å². The van der Waals surface area contributed by atoms with Crippen LogP contribution in [0.4, 0.5) is 10.5 Å². The van der Waals surface area contributed by atoms with Crippen molar-refractivity contribution in [1.29, 1.82) is 0 Å². The summed E-state index contributed by atoms with van der Waals surface area (Å²) in [5, 5.41) is -0.769. The molecule has 1 aliphatic carbocycles. The summed E-state index contributed by atoms with van der Waals surface area (Å²) in [4.78, 5) is 53.5. The van der Waals surface area contributed by atoms with E-state index in [1.807, 2.05) is 6.92 Å². The third-order valence-corrected chi connectivity index (χ3v) is 7.88. The number of Topliss-reactive ketones (excluding diaryl/α,β-unsaturated/α-hetero) is 1. The minimum atomic E-state index is -1.84. The van der Waals surface area contributed by atoms with Gasteiger partial charge in [-0.15, -0.1) is 11.8 Å². The van der Waals surface area contributed by atoms with Crippen molar-refractivity contribution in [3.05, 3.63) is 42.1 Å². The predicted octanol–water partition coefficient (Wildman–Crippen LogP) is 4.00. The summed E-state index contributed by atoms with van der Waals surface area (Å²) in [5.74, 6) is -2.84. The molecule has 9 nitrogen and oxygen atoms in total. The number of para-hydroxylation sites is 1. The number of halogens is 3. The highest BCUT2D eigenvalue weighted by molar-refractivity contribution is 8.01. The number of hydrogen-bond donors (Lipinski definition) is 1. The molecule has 2 N–H and O–H groups in total. The van der Waals surface area contributed by atoms with E-state index in [2.05, 4.69) is 0 Å². The maximum absolute atomic E-state index is 13.4. The van der Waals surface area contributed by atoms with Gasteiger partial charge >= 0.3 is 12.1 Å². The van der Waals surface area contributed by atoms with Gasteiger partial charge in [-0.05, 0) is 50.8 Å². The van der Waals surface area contributed by atoms with Gasteiger partial charge in [-0.25, -0.2) is 9.59 Å². The third-order valence-electron chi connectivity index (χ3n) is 6.20. The molecule has 0 spiro atoms. The number of carbonyl (C=O) groups excluding carboxylic acids is 4. The van der Waals surface area contributed by atoms with E-state index in [-0.39, 0.29) is 18.3 Å². The molecule has 1 aromatic rings. The fraction of sp³-hybridized carbons (Fsp3) is 0.500. The van der Waals surface area contributed by atoms with E-state index in [0.717, 1.165) is 29.5 Å². The van der Waals surface area contributed by atoms with Gasteiger partial charge in [0.1, 0.15) is 29.7 Å². The Morgan fingerprint density at radius 3 is 2.49 bits per heavy atom. The lowest BCUT2D eigenvalue weighted by atomic mass is 9.91. The van der Waals surface area contributed by atoms with E-state index in [1.54, 1.807) is 37.3 Å². The summed E-state index contributed by atoms with van der Waals surface area (Å²) in [6.45, 7) is 2.53. The molecule has 200 valence electrons. The molecule has 2 fully saturated rings. The first-order valence-electron chi connectivity index (χ1n) is 11.6. The van der Waals surface area contributed by atoms with Gasteiger partial charge in [-0.2, -0.15) is 0 Å². The van der Waals surface area contributed by atoms with Gasteiger partial charge in [0.2, 0.25) is 9.70 Å². The maximum Gasteiger partial charge on any atom is 0.414 e. The number of ketones is 1. The predicted molar refractivity (Wildman–Crippen MR) is 141 cm³/mol. The van der Waals surface area contributed by atoms with Crippen molar-refractivity contribution in [1.82, 2.24) is 4.90 Å². The Bertz CT molecular complexity index is 1120. The summed E-state index contributed by atoms with van der Waals surface area (Å²) < 4.78 is 8.80. The number of nitrogens with zero attached hydrogens (tertiary/aromatic N) is 2. The SMILES string of the molecule is CC(OC(=O)N(CC(=O)C1C(=O)N2C(C(=O)OCC(Cl)(Cl)Cl)=CC(C)(N)S[C@H]12)c1ccccc1)C1CC1. The van der Waals surface area contributed by atoms with Gasteiger partial charge in [0, 0.05) is 5.69 Å². The Kier molecular flexibility index (Phi) is 8.07. The van der Waals surface area contributed by atoms with Gasteiger partial charge in [0.05, 0.1) is 11.4 Å². The molecule has 3 unspecified atom stereocenters. The van der Waals surface area contributed by atoms with Gasteiger partial charge < -0.3 is 15.2 Å². The van der Waals surface area contributed by atoms with Crippen LogP contribution in [0.25, 0.3) is 0 Å². The van der Waals surface area contributed by atoms with Crippen molar-refractivity contribution in [2.45, 2.75) is 46.8 Å². The normalized spacial score (nSPS) is 25.8. The van der Waals surface area contributed by atoms with Crippen LogP contribution in [0.15, 0.2) is 42.1 Å². The zero-order valence-corrected chi connectivity index (χ0v) is 23.1. The first kappa shape index (κ1) is 28.0. The number of benzene rings is 1. The molecule has 0 bridgehead atoms. The van der Waals surface area contributed by atoms with Crippen LogP contribution in [0, 0.1) is 11.8 Å². The van der Waals surface area contributed by atoms with Crippen molar-refractivity contribution in [3.63, 3.8) is 0 Å². The van der Waals surface area contributed by atoms with Crippen LogP contribution in [0.2, 0.25) is 0 Å². The smallest absolute Gasteiger partial charge is 0.414 e. The van der Waals surface area contributed by atoms with Gasteiger partial charge in [0.25, 0.3) is 0 Å². The molecule has 0 aromatic heterocycles. The van der Waals surface area contributed by atoms with Crippen LogP contribution in [0.3, 0.4) is 0 Å². The first-order chi connectivity index (χ1) is 17.3. The summed E-state index contributed by atoms with van der Waals surface area (Å²) in [6.07, 6.45) is 2.40. The number of alkyl halides is 3. The summed E-state index contributed by atoms with van der Waals surface area (Å²) >= 11 is 18.1. The third kappa shape index (κ3) is 6.54. The van der Waals surface area contributed by atoms with E-state index in [4.69, 9.17) is 50.0 Å². The van der Waals surface area contributed by atoms with Crippen molar-refractivity contribution in [2.24, 2.45) is 17.6 Å². The van der Waals surface area contributed by atoms with E-state index in [0.29, 0.717) is 11.6 Å². The number of hydrogen-bond acceptors (Lipinski definition) is 8. The number of nitrogens with two attached hydrogens (primary N) is 1. The van der Waals surface area contributed by atoms with Crippen LogP contribution in [0.5, 0.6) is 0 Å². The zero-order valence-electron chi connectivity index (χ0n) is 20.1. The molecule has 1 aromatic carbocycles. The van der Waals surface area contributed by atoms with E-state index in [9.17, 15) is 19.2 Å². The summed E-state index contributed by atoms with van der Waals surface area (Å²) in [7, 11) is 0. The standard InChI is InChI=1S/C24H26Cl3N3O6S/c1-13(14-8-9-14)36-22(34)29(15-6-4-3-5-7-15)11-17(31)18-19(32)30-16(10-23(2,28)37-20(18)30)21(33)35-12-24(25,26)27/h3-7,10,13-14,18,20H,8-9,11-12,28H2,1-2H3/t13?,18?,20-,23?/m1/s1. The lowest BCUT2D eigenvalue weighted by Crippen LogP contribution is -2.67. The highest BCUT2D eigenvalue weighted by Crippen LogP contribution is 2.47. The summed E-state index contributed by atoms with van der Waals surface area (Å²) in [6, 6.07) is 8.61. The number of rotatable bonds is 8. The molecule has 2 aliphatic heterocycles. The maximum atomic E-state index is 13.4. The minimum absolute atomic E-state index is 0.130. The molecule has 1 saturated carbocycles. The Labute approximate surface area is 233 Å². The molecule has 1 saturated heterocycles. The van der Waals surface area contributed by atoms with Crippen LogP contribution >= 0.6 is 46.6 Å². The second-order valence-electron chi connectivity index (χ2n) is 9.41. The second-order valence-corrected chi connectivity index (χ2v) is 13.5. The number of carbonyl (C=O) groups is 4. The van der Waals surface area contributed by atoms with Crippen molar-refractivity contribution < 1.29 is 28.7 Å². The molecule has 13 heteroatoms. The van der Waals surface area contributed by atoms with Crippen molar-refractivity contribution >= 4 is 76.0 Å². The lowest BCUT2D eigenvalue weighted by Gasteiger charge is -2.51. The number of ether oxygens (including phenoxy) is 2. The Hall–Kier alpha value is -1.98. The van der Waals surface area contributed by atoms with E-state index < -0.39 is 50.3 Å². The minimum Gasteiger partial charge on any atom is -0.456 e. The van der Waals surface area contributed by atoms with Crippen LogP contribution in [0.1, 0.15) is 26.7 Å². The molecule has 2 heterocycles. The number of amides is 2. The monoisotopic (exact) mass is 589 g/mol. The van der Waals surface area contributed by atoms with Gasteiger partial charge in [-0.1, -0.05) is 53.0 Å². The Morgan fingerprint density at radius 1 is 1.24 bits per heavy atom. The number of fused-ring (bicyclic) bond motifs is 1. The molecule has 4 rings (SSSR count). The molecule has 4 atom stereocenters. The largest absolute Gasteiger partial charge is 0.456 e. The fourth-order valence-corrected chi connectivity index (χ4v) is 5.75. The van der Waals surface area contributed by atoms with E-state index in [1.165, 1.54) is 11.0 Å². The quantitative estimate of drug-likeness (QED) is 0.209. The number of anilines is 1. The molecular formula is C24H26Cl3N3O6S. The summed E-state index contributed by atoms with van der Waals surface area (Å²) in [5.41, 5.74) is 6.61. The van der Waals surface area contributed by atoms with E-state index >= 15 is 0 Å². The Morgan fingerprint density at radius 2 is 1.89 bits per heavy atom. The first-order valence-corrected chi connectivity index (χ1v) is 13.6. The number of thioether (sulfide) groups is 1.